The normalized spacial score (nSPS) is 14.4. The Morgan fingerprint density at radius 2 is 0.825 bits per heavy atom. The highest BCUT2D eigenvalue weighted by molar-refractivity contribution is 7.47. The second-order valence-electron chi connectivity index (χ2n) is 14.6. The van der Waals surface area contributed by atoms with Crippen LogP contribution in [0.15, 0.2) is 60.8 Å². The lowest BCUT2D eigenvalue weighted by Gasteiger charge is -2.20. The number of aliphatic hydroxyl groups is 2. The molecule has 57 heavy (non-hydrogen) atoms. The molecule has 0 aliphatic rings. The number of unbranched alkanes of at least 4 members (excludes halogenated alkanes) is 17. The second-order valence-corrected chi connectivity index (χ2v) is 16.1. The van der Waals surface area contributed by atoms with Crippen molar-refractivity contribution in [2.45, 2.75) is 193 Å². The number of carbonyl (C=O) groups is 2. The predicted molar refractivity (Wildman–Crippen MR) is 233 cm³/mol. The lowest BCUT2D eigenvalue weighted by Crippen LogP contribution is -2.28. The Hall–Kier alpha value is -2.33. The predicted octanol–water partition coefficient (Wildman–Crippen LogP) is 11.9. The molecule has 3 atom stereocenters. The molecular weight excluding hydrogens is 743 g/mol. The van der Waals surface area contributed by atoms with Crippen LogP contribution in [0.2, 0.25) is 0 Å². The van der Waals surface area contributed by atoms with Crippen LogP contribution in [0.3, 0.4) is 0 Å². The summed E-state index contributed by atoms with van der Waals surface area (Å²) in [4.78, 5) is 34.5. The molecule has 0 radical (unpaired) electrons. The van der Waals surface area contributed by atoms with Crippen molar-refractivity contribution in [3.05, 3.63) is 60.8 Å². The molecular formula is C46H81O10P. The molecule has 0 spiro atoms. The smallest absolute Gasteiger partial charge is 0.457 e. The molecule has 11 heteroatoms. The van der Waals surface area contributed by atoms with Crippen LogP contribution < -0.4 is 0 Å². The topological polar surface area (TPSA) is 149 Å². The van der Waals surface area contributed by atoms with Gasteiger partial charge in [-0.15, -0.1) is 0 Å². The van der Waals surface area contributed by atoms with Gasteiger partial charge in [-0.1, -0.05) is 158 Å². The van der Waals surface area contributed by atoms with Crippen molar-refractivity contribution in [2.24, 2.45) is 0 Å². The van der Waals surface area contributed by atoms with E-state index < -0.39 is 58.4 Å². The van der Waals surface area contributed by atoms with Crippen LogP contribution in [-0.4, -0.2) is 65.7 Å². The fraction of sp³-hybridized carbons (Fsp3) is 0.739. The van der Waals surface area contributed by atoms with Gasteiger partial charge in [-0.25, -0.2) is 4.57 Å². The molecule has 0 aliphatic carbocycles. The third-order valence-corrected chi connectivity index (χ3v) is 10.2. The quantitative estimate of drug-likeness (QED) is 0.0235. The average Bonchev–Trinajstić information content (AvgIpc) is 3.20. The zero-order valence-electron chi connectivity index (χ0n) is 35.8. The number of phosphoric ester groups is 1. The minimum atomic E-state index is -4.64. The Bertz CT molecular complexity index is 1130. The standard InChI is InChI=1S/C46H81O10P/c1-3-5-7-9-11-13-15-16-17-18-19-20-21-22-23-24-25-26-28-30-32-34-36-38-46(50)56-44(40-48)42-54-57(51,52)53-41-43(39-47)55-45(49)37-35-33-31-29-27-14-12-10-8-6-4-2/h5,7,10-13,16-17,19-20,43-44,47-48H,3-4,6,8-9,14-15,18,21-42H2,1-2H3,(H,51,52)/b7-5-,12-10-,13-11-,17-16-,20-19-. The fourth-order valence-electron chi connectivity index (χ4n) is 5.79. The zero-order chi connectivity index (χ0) is 41.9. The van der Waals surface area contributed by atoms with E-state index in [1.54, 1.807) is 0 Å². The van der Waals surface area contributed by atoms with Gasteiger partial charge in [0.15, 0.2) is 0 Å². The van der Waals surface area contributed by atoms with Crippen molar-refractivity contribution in [1.82, 2.24) is 0 Å². The second kappa shape index (κ2) is 41.8. The average molecular weight is 825 g/mol. The summed E-state index contributed by atoms with van der Waals surface area (Å²) in [7, 11) is -4.64. The highest BCUT2D eigenvalue weighted by Gasteiger charge is 2.27. The molecule has 3 N–H and O–H groups in total. The van der Waals surface area contributed by atoms with Crippen LogP contribution in [0.25, 0.3) is 0 Å². The van der Waals surface area contributed by atoms with Crippen LogP contribution in [0.5, 0.6) is 0 Å². The molecule has 3 unspecified atom stereocenters. The van der Waals surface area contributed by atoms with E-state index in [0.717, 1.165) is 89.9 Å². The molecule has 0 fully saturated rings. The van der Waals surface area contributed by atoms with Gasteiger partial charge in [-0.2, -0.15) is 0 Å². The Balaban J connectivity index is 3.88. The molecule has 0 saturated carbocycles. The summed E-state index contributed by atoms with van der Waals surface area (Å²) < 4.78 is 32.5. The summed E-state index contributed by atoms with van der Waals surface area (Å²) in [6.07, 6.45) is 46.3. The number of hydrogen-bond donors (Lipinski definition) is 3. The minimum absolute atomic E-state index is 0.180. The van der Waals surface area contributed by atoms with Gasteiger partial charge >= 0.3 is 19.8 Å². The van der Waals surface area contributed by atoms with Crippen molar-refractivity contribution in [1.29, 1.82) is 0 Å². The summed E-state index contributed by atoms with van der Waals surface area (Å²) in [5.74, 6) is -1.04. The molecule has 0 amide bonds. The van der Waals surface area contributed by atoms with Crippen molar-refractivity contribution >= 4 is 19.8 Å². The highest BCUT2D eigenvalue weighted by atomic mass is 31.2. The third kappa shape index (κ3) is 40.2. The van der Waals surface area contributed by atoms with E-state index in [4.69, 9.17) is 18.5 Å². The first-order valence-electron chi connectivity index (χ1n) is 22.2. The number of aliphatic hydroxyl groups excluding tert-OH is 2. The zero-order valence-corrected chi connectivity index (χ0v) is 36.7. The molecule has 330 valence electrons. The number of carbonyl (C=O) groups excluding carboxylic acids is 2. The molecule has 0 aliphatic heterocycles. The van der Waals surface area contributed by atoms with E-state index in [0.29, 0.717) is 12.8 Å². The molecule has 0 bridgehead atoms. The number of allylic oxidation sites excluding steroid dienone is 10. The van der Waals surface area contributed by atoms with E-state index in [9.17, 15) is 29.3 Å². The summed E-state index contributed by atoms with van der Waals surface area (Å²) in [5, 5.41) is 19.1. The maximum Gasteiger partial charge on any atom is 0.472 e. The highest BCUT2D eigenvalue weighted by Crippen LogP contribution is 2.43. The van der Waals surface area contributed by atoms with Crippen molar-refractivity contribution in [2.75, 3.05) is 26.4 Å². The Morgan fingerprint density at radius 3 is 1.21 bits per heavy atom. The third-order valence-electron chi connectivity index (χ3n) is 9.21. The molecule has 0 saturated heterocycles. The number of phosphoric acid groups is 1. The Kier molecular flexibility index (Phi) is 40.1. The van der Waals surface area contributed by atoms with Gasteiger partial charge in [-0.3, -0.25) is 18.6 Å². The maximum absolute atomic E-state index is 12.4. The lowest BCUT2D eigenvalue weighted by atomic mass is 10.0. The summed E-state index contributed by atoms with van der Waals surface area (Å²) >= 11 is 0. The van der Waals surface area contributed by atoms with Gasteiger partial charge < -0.3 is 24.6 Å². The monoisotopic (exact) mass is 825 g/mol. The first kappa shape index (κ1) is 54.7. The van der Waals surface area contributed by atoms with Crippen molar-refractivity contribution in [3.8, 4) is 0 Å². The van der Waals surface area contributed by atoms with Crippen molar-refractivity contribution in [3.63, 3.8) is 0 Å². The molecule has 0 aromatic carbocycles. The van der Waals surface area contributed by atoms with Crippen molar-refractivity contribution < 1.29 is 47.8 Å². The number of esters is 2. The van der Waals surface area contributed by atoms with Gasteiger partial charge in [0, 0.05) is 12.8 Å². The van der Waals surface area contributed by atoms with Gasteiger partial charge in [-0.05, 0) is 70.6 Å². The number of rotatable bonds is 41. The van der Waals surface area contributed by atoms with Crippen LogP contribution in [-0.2, 0) is 32.7 Å². The first-order chi connectivity index (χ1) is 27.8. The molecule has 0 heterocycles. The summed E-state index contributed by atoms with van der Waals surface area (Å²) in [6.45, 7) is 2.03. The van der Waals surface area contributed by atoms with Gasteiger partial charge in [0.05, 0.1) is 26.4 Å². The number of ether oxygens (including phenoxy) is 2. The van der Waals surface area contributed by atoms with E-state index in [2.05, 4.69) is 74.6 Å². The van der Waals surface area contributed by atoms with E-state index in [1.807, 2.05) is 0 Å². The molecule has 0 aromatic heterocycles. The van der Waals surface area contributed by atoms with E-state index in [1.165, 1.54) is 51.4 Å². The first-order valence-corrected chi connectivity index (χ1v) is 23.7. The molecule has 0 rings (SSSR count). The van der Waals surface area contributed by atoms with Gasteiger partial charge in [0.2, 0.25) is 0 Å². The lowest BCUT2D eigenvalue weighted by molar-refractivity contribution is -0.153. The van der Waals surface area contributed by atoms with Gasteiger partial charge in [0.1, 0.15) is 12.2 Å². The molecule has 10 nitrogen and oxygen atoms in total. The maximum atomic E-state index is 12.4. The van der Waals surface area contributed by atoms with E-state index >= 15 is 0 Å². The molecule has 0 aromatic rings. The largest absolute Gasteiger partial charge is 0.472 e. The SMILES string of the molecule is CC/C=C\C/C=C\C/C=C\C/C=C\CCCCCCCCCCCCC(=O)OC(CO)COP(=O)(O)OCC(CO)OC(=O)CCCCCCC/C=C\CCCC. The Morgan fingerprint density at radius 1 is 0.491 bits per heavy atom. The summed E-state index contributed by atoms with van der Waals surface area (Å²) in [6, 6.07) is 0. The number of hydrogen-bond acceptors (Lipinski definition) is 9. The Labute approximate surface area is 346 Å². The van der Waals surface area contributed by atoms with E-state index in [-0.39, 0.29) is 12.8 Å². The van der Waals surface area contributed by atoms with Crippen LogP contribution in [0.4, 0.5) is 0 Å². The minimum Gasteiger partial charge on any atom is -0.457 e. The van der Waals surface area contributed by atoms with Crippen LogP contribution >= 0.6 is 7.82 Å². The summed E-state index contributed by atoms with van der Waals surface area (Å²) in [5.41, 5.74) is 0. The van der Waals surface area contributed by atoms with Gasteiger partial charge in [0.25, 0.3) is 0 Å². The fourth-order valence-corrected chi connectivity index (χ4v) is 6.58. The van der Waals surface area contributed by atoms with Crippen LogP contribution in [0.1, 0.15) is 181 Å². The van der Waals surface area contributed by atoms with Crippen LogP contribution in [0, 0.1) is 0 Å².